The molecule has 1 saturated heterocycles. The standard InChI is InChI=1S/C19H20N2O4S/c1-13(16-7-4-10-26-16)20-17(22)12-25-19(24)14-5-2-6-15(11-14)21-9-3-8-18(21)23/h2,4-7,10-11,13H,3,8-9,12H2,1H3,(H,20,22)/t13-/m0/s1. The van der Waals surface area contributed by atoms with E-state index in [9.17, 15) is 14.4 Å². The van der Waals surface area contributed by atoms with Crippen molar-refractivity contribution < 1.29 is 19.1 Å². The quantitative estimate of drug-likeness (QED) is 0.791. The van der Waals surface area contributed by atoms with Gasteiger partial charge in [0.15, 0.2) is 6.61 Å². The highest BCUT2D eigenvalue weighted by Gasteiger charge is 2.22. The smallest absolute Gasteiger partial charge is 0.338 e. The van der Waals surface area contributed by atoms with E-state index in [2.05, 4.69) is 5.32 Å². The molecule has 1 aromatic heterocycles. The zero-order chi connectivity index (χ0) is 18.5. The lowest BCUT2D eigenvalue weighted by molar-refractivity contribution is -0.124. The normalized spacial score (nSPS) is 15.0. The molecule has 3 rings (SSSR count). The minimum atomic E-state index is -0.586. The Morgan fingerprint density at radius 3 is 2.85 bits per heavy atom. The maximum Gasteiger partial charge on any atom is 0.338 e. The third-order valence-corrected chi connectivity index (χ3v) is 5.20. The second-order valence-electron chi connectivity index (χ2n) is 6.08. The molecular weight excluding hydrogens is 352 g/mol. The van der Waals surface area contributed by atoms with Gasteiger partial charge in [0.2, 0.25) is 5.91 Å². The average Bonchev–Trinajstić information content (AvgIpc) is 3.31. The first kappa shape index (κ1) is 18.1. The Morgan fingerprint density at radius 2 is 2.15 bits per heavy atom. The Hall–Kier alpha value is -2.67. The third kappa shape index (κ3) is 4.29. The van der Waals surface area contributed by atoms with Gasteiger partial charge in [-0.25, -0.2) is 4.79 Å². The van der Waals surface area contributed by atoms with Crippen molar-refractivity contribution in [3.05, 3.63) is 52.2 Å². The van der Waals surface area contributed by atoms with Crippen LogP contribution in [0.2, 0.25) is 0 Å². The molecule has 1 N–H and O–H groups in total. The number of benzene rings is 1. The van der Waals surface area contributed by atoms with Gasteiger partial charge in [-0.3, -0.25) is 9.59 Å². The number of hydrogen-bond donors (Lipinski definition) is 1. The van der Waals surface area contributed by atoms with Crippen LogP contribution in [0.5, 0.6) is 0 Å². The fraction of sp³-hybridized carbons (Fsp3) is 0.316. The van der Waals surface area contributed by atoms with Crippen molar-refractivity contribution in [2.75, 3.05) is 18.1 Å². The molecule has 136 valence electrons. The van der Waals surface area contributed by atoms with Crippen LogP contribution in [0.1, 0.15) is 41.0 Å². The molecule has 0 saturated carbocycles. The summed E-state index contributed by atoms with van der Waals surface area (Å²) in [6, 6.07) is 10.4. The van der Waals surface area contributed by atoms with Crippen molar-refractivity contribution in [2.45, 2.75) is 25.8 Å². The molecule has 0 bridgehead atoms. The number of ether oxygens (including phenoxy) is 1. The minimum absolute atomic E-state index is 0.0532. The van der Waals surface area contributed by atoms with E-state index in [0.717, 1.165) is 11.3 Å². The van der Waals surface area contributed by atoms with E-state index in [1.807, 2.05) is 24.4 Å². The van der Waals surface area contributed by atoms with Crippen molar-refractivity contribution in [1.82, 2.24) is 5.32 Å². The summed E-state index contributed by atoms with van der Waals surface area (Å²) in [6.07, 6.45) is 1.34. The molecule has 7 heteroatoms. The number of carbonyl (C=O) groups is 3. The van der Waals surface area contributed by atoms with Gasteiger partial charge in [0.25, 0.3) is 5.91 Å². The predicted molar refractivity (Wildman–Crippen MR) is 99.2 cm³/mol. The lowest BCUT2D eigenvalue weighted by Gasteiger charge is -2.16. The number of rotatable bonds is 6. The van der Waals surface area contributed by atoms with E-state index in [-0.39, 0.29) is 24.5 Å². The molecule has 0 spiro atoms. The van der Waals surface area contributed by atoms with Crippen molar-refractivity contribution in [2.24, 2.45) is 0 Å². The van der Waals surface area contributed by atoms with Crippen molar-refractivity contribution in [3.63, 3.8) is 0 Å². The minimum Gasteiger partial charge on any atom is -0.452 e. The maximum atomic E-state index is 12.2. The van der Waals surface area contributed by atoms with E-state index in [0.29, 0.717) is 24.2 Å². The third-order valence-electron chi connectivity index (χ3n) is 4.15. The van der Waals surface area contributed by atoms with Gasteiger partial charge in [-0.05, 0) is 43.0 Å². The molecule has 1 aromatic carbocycles. The highest BCUT2D eigenvalue weighted by molar-refractivity contribution is 7.10. The van der Waals surface area contributed by atoms with E-state index in [4.69, 9.17) is 4.74 Å². The second kappa shape index (κ2) is 8.14. The molecule has 1 aliphatic heterocycles. The number of amides is 2. The number of thiophene rings is 1. The molecule has 0 aliphatic carbocycles. The fourth-order valence-corrected chi connectivity index (χ4v) is 3.56. The Kier molecular flexibility index (Phi) is 5.68. The fourth-order valence-electron chi connectivity index (χ4n) is 2.83. The monoisotopic (exact) mass is 372 g/mol. The molecule has 0 unspecified atom stereocenters. The summed E-state index contributed by atoms with van der Waals surface area (Å²) in [4.78, 5) is 38.7. The lowest BCUT2D eigenvalue weighted by atomic mass is 10.2. The van der Waals surface area contributed by atoms with Gasteiger partial charge in [0.05, 0.1) is 11.6 Å². The molecule has 1 aliphatic rings. The van der Waals surface area contributed by atoms with Crippen LogP contribution >= 0.6 is 11.3 Å². The van der Waals surface area contributed by atoms with Gasteiger partial charge in [0, 0.05) is 23.5 Å². The van der Waals surface area contributed by atoms with Crippen LogP contribution < -0.4 is 10.2 Å². The molecule has 2 heterocycles. The van der Waals surface area contributed by atoms with Gasteiger partial charge < -0.3 is 15.0 Å². The first-order chi connectivity index (χ1) is 12.5. The highest BCUT2D eigenvalue weighted by Crippen LogP contribution is 2.22. The summed E-state index contributed by atoms with van der Waals surface area (Å²) in [5, 5.41) is 4.73. The van der Waals surface area contributed by atoms with Crippen molar-refractivity contribution in [3.8, 4) is 0 Å². The Morgan fingerprint density at radius 1 is 1.31 bits per heavy atom. The second-order valence-corrected chi connectivity index (χ2v) is 7.06. The number of anilines is 1. The van der Waals surface area contributed by atoms with Crippen LogP contribution in [0.3, 0.4) is 0 Å². The molecule has 2 aromatic rings. The first-order valence-electron chi connectivity index (χ1n) is 8.45. The highest BCUT2D eigenvalue weighted by atomic mass is 32.1. The van der Waals surface area contributed by atoms with Gasteiger partial charge in [-0.1, -0.05) is 12.1 Å². The summed E-state index contributed by atoms with van der Waals surface area (Å²) in [5.74, 6) is -0.889. The largest absolute Gasteiger partial charge is 0.452 e. The summed E-state index contributed by atoms with van der Waals surface area (Å²) in [5.41, 5.74) is 0.999. The Labute approximate surface area is 155 Å². The van der Waals surface area contributed by atoms with Crippen LogP contribution in [0.15, 0.2) is 41.8 Å². The molecule has 0 radical (unpaired) electrons. The van der Waals surface area contributed by atoms with Crippen molar-refractivity contribution in [1.29, 1.82) is 0 Å². The van der Waals surface area contributed by atoms with E-state index < -0.39 is 5.97 Å². The van der Waals surface area contributed by atoms with E-state index in [1.165, 1.54) is 0 Å². The zero-order valence-electron chi connectivity index (χ0n) is 14.4. The first-order valence-corrected chi connectivity index (χ1v) is 9.33. The van der Waals surface area contributed by atoms with Crippen LogP contribution in [0.25, 0.3) is 0 Å². The van der Waals surface area contributed by atoms with Gasteiger partial charge in [-0.15, -0.1) is 11.3 Å². The number of esters is 1. The van der Waals surface area contributed by atoms with E-state index in [1.54, 1.807) is 40.5 Å². The van der Waals surface area contributed by atoms with Gasteiger partial charge in [0.1, 0.15) is 0 Å². The lowest BCUT2D eigenvalue weighted by Crippen LogP contribution is -2.30. The summed E-state index contributed by atoms with van der Waals surface area (Å²) in [7, 11) is 0. The number of hydrogen-bond acceptors (Lipinski definition) is 5. The number of carbonyl (C=O) groups excluding carboxylic acids is 3. The molecule has 2 amide bonds. The summed E-state index contributed by atoms with van der Waals surface area (Å²) < 4.78 is 5.10. The molecular formula is C19H20N2O4S. The zero-order valence-corrected chi connectivity index (χ0v) is 15.3. The predicted octanol–water partition coefficient (Wildman–Crippen LogP) is 2.91. The van der Waals surface area contributed by atoms with Gasteiger partial charge >= 0.3 is 5.97 Å². The van der Waals surface area contributed by atoms with Gasteiger partial charge in [-0.2, -0.15) is 0 Å². The average molecular weight is 372 g/mol. The SMILES string of the molecule is C[C@H](NC(=O)COC(=O)c1cccc(N2CCCC2=O)c1)c1cccs1. The number of nitrogens with zero attached hydrogens (tertiary/aromatic N) is 1. The summed E-state index contributed by atoms with van der Waals surface area (Å²) >= 11 is 1.55. The number of nitrogens with one attached hydrogen (secondary N) is 1. The molecule has 1 fully saturated rings. The Bertz CT molecular complexity index is 804. The van der Waals surface area contributed by atoms with Crippen LogP contribution in [0, 0.1) is 0 Å². The van der Waals surface area contributed by atoms with Crippen LogP contribution in [-0.2, 0) is 14.3 Å². The van der Waals surface area contributed by atoms with Crippen molar-refractivity contribution >= 4 is 34.8 Å². The Balaban J connectivity index is 1.55. The molecule has 26 heavy (non-hydrogen) atoms. The molecule has 6 nitrogen and oxygen atoms in total. The molecule has 1 atom stereocenters. The van der Waals surface area contributed by atoms with E-state index >= 15 is 0 Å². The van der Waals surface area contributed by atoms with Crippen LogP contribution in [0.4, 0.5) is 5.69 Å². The van der Waals surface area contributed by atoms with Crippen LogP contribution in [-0.4, -0.2) is 30.9 Å². The summed E-state index contributed by atoms with van der Waals surface area (Å²) in [6.45, 7) is 2.18. The topological polar surface area (TPSA) is 75.7 Å². The maximum absolute atomic E-state index is 12.2.